The first-order chi connectivity index (χ1) is 10.6. The molecule has 1 aromatic carbocycles. The zero-order valence-corrected chi connectivity index (χ0v) is 12.8. The number of carbonyl (C=O) groups excluding carboxylic acids is 2. The van der Waals surface area contributed by atoms with Gasteiger partial charge in [0.25, 0.3) is 5.91 Å². The number of hydrogen-bond acceptors (Lipinski definition) is 7. The summed E-state index contributed by atoms with van der Waals surface area (Å²) in [5.74, 6) is -0.498. The van der Waals surface area contributed by atoms with Crippen molar-refractivity contribution in [1.82, 2.24) is 15.6 Å². The second-order valence-electron chi connectivity index (χ2n) is 5.12. The summed E-state index contributed by atoms with van der Waals surface area (Å²) >= 11 is 1.39. The summed E-state index contributed by atoms with van der Waals surface area (Å²) in [5.41, 5.74) is 6.90. The number of amides is 1. The molecule has 0 aliphatic carbocycles. The highest BCUT2D eigenvalue weighted by Crippen LogP contribution is 2.24. The van der Waals surface area contributed by atoms with Crippen LogP contribution in [0.25, 0.3) is 10.2 Å². The Morgan fingerprint density at radius 3 is 3.09 bits per heavy atom. The lowest BCUT2D eigenvalue weighted by Crippen LogP contribution is -2.36. The Kier molecular flexibility index (Phi) is 3.95. The van der Waals surface area contributed by atoms with Crippen LogP contribution in [-0.4, -0.2) is 42.6 Å². The van der Waals surface area contributed by atoms with Crippen molar-refractivity contribution in [2.75, 3.05) is 19.4 Å². The van der Waals surface area contributed by atoms with Crippen molar-refractivity contribution in [3.63, 3.8) is 0 Å². The lowest BCUT2D eigenvalue weighted by atomic mass is 10.1. The number of nitrogen functional groups attached to an aromatic ring is 1. The number of esters is 1. The van der Waals surface area contributed by atoms with E-state index in [-0.39, 0.29) is 24.0 Å². The molecule has 1 aromatic heterocycles. The van der Waals surface area contributed by atoms with Gasteiger partial charge in [-0.1, -0.05) is 11.3 Å². The summed E-state index contributed by atoms with van der Waals surface area (Å²) in [6, 6.07) is 4.83. The number of hydrogen-bond donors (Lipinski definition) is 3. The largest absolute Gasteiger partial charge is 0.468 e. The molecule has 0 unspecified atom stereocenters. The highest BCUT2D eigenvalue weighted by atomic mass is 32.1. The molecular formula is C14H16N4O3S. The van der Waals surface area contributed by atoms with E-state index >= 15 is 0 Å². The van der Waals surface area contributed by atoms with Crippen LogP contribution in [-0.2, 0) is 9.53 Å². The Hall–Kier alpha value is -2.19. The first kappa shape index (κ1) is 14.7. The van der Waals surface area contributed by atoms with Crippen molar-refractivity contribution >= 4 is 38.6 Å². The lowest BCUT2D eigenvalue weighted by Gasteiger charge is -2.11. The number of carbonyl (C=O) groups is 2. The van der Waals surface area contributed by atoms with Gasteiger partial charge in [-0.15, -0.1) is 0 Å². The van der Waals surface area contributed by atoms with Crippen molar-refractivity contribution in [3.8, 4) is 0 Å². The van der Waals surface area contributed by atoms with Crippen LogP contribution < -0.4 is 16.4 Å². The van der Waals surface area contributed by atoms with Crippen LogP contribution in [0.5, 0.6) is 0 Å². The lowest BCUT2D eigenvalue weighted by molar-refractivity contribution is -0.142. The molecule has 4 N–H and O–H groups in total. The van der Waals surface area contributed by atoms with Crippen molar-refractivity contribution in [3.05, 3.63) is 23.8 Å². The molecule has 0 saturated carbocycles. The van der Waals surface area contributed by atoms with Gasteiger partial charge in [0.1, 0.15) is 6.04 Å². The van der Waals surface area contributed by atoms with Crippen molar-refractivity contribution < 1.29 is 14.3 Å². The van der Waals surface area contributed by atoms with Crippen LogP contribution in [0.4, 0.5) is 5.13 Å². The second kappa shape index (κ2) is 5.90. The maximum Gasteiger partial charge on any atom is 0.322 e. The third-order valence-electron chi connectivity index (χ3n) is 3.62. The third kappa shape index (κ3) is 2.88. The maximum absolute atomic E-state index is 12.3. The minimum atomic E-state index is -0.365. The topological polar surface area (TPSA) is 106 Å². The van der Waals surface area contributed by atoms with E-state index in [4.69, 9.17) is 5.73 Å². The molecule has 1 saturated heterocycles. The summed E-state index contributed by atoms with van der Waals surface area (Å²) in [5, 5.41) is 6.42. The molecule has 7 nitrogen and oxygen atoms in total. The molecule has 0 bridgehead atoms. The molecule has 22 heavy (non-hydrogen) atoms. The van der Waals surface area contributed by atoms with Gasteiger partial charge in [-0.3, -0.25) is 9.59 Å². The Morgan fingerprint density at radius 2 is 2.32 bits per heavy atom. The minimum Gasteiger partial charge on any atom is -0.468 e. The fourth-order valence-corrected chi connectivity index (χ4v) is 3.24. The average molecular weight is 320 g/mol. The predicted molar refractivity (Wildman–Crippen MR) is 83.7 cm³/mol. The van der Waals surface area contributed by atoms with E-state index in [0.717, 1.165) is 4.70 Å². The molecule has 3 rings (SSSR count). The fraction of sp³-hybridized carbons (Fsp3) is 0.357. The molecule has 1 fully saturated rings. The fourth-order valence-electron chi connectivity index (χ4n) is 2.52. The number of nitrogens with one attached hydrogen (secondary N) is 2. The molecule has 1 aliphatic heterocycles. The molecule has 0 radical (unpaired) electrons. The average Bonchev–Trinajstić information content (AvgIpc) is 3.10. The number of thiazole rings is 1. The number of rotatable bonds is 3. The second-order valence-corrected chi connectivity index (χ2v) is 6.19. The van der Waals surface area contributed by atoms with Crippen LogP contribution in [0.3, 0.4) is 0 Å². The summed E-state index contributed by atoms with van der Waals surface area (Å²) < 4.78 is 5.64. The minimum absolute atomic E-state index is 0.104. The highest BCUT2D eigenvalue weighted by molar-refractivity contribution is 7.22. The third-order valence-corrected chi connectivity index (χ3v) is 4.48. The van der Waals surface area contributed by atoms with E-state index in [2.05, 4.69) is 20.4 Å². The molecule has 2 aromatic rings. The number of benzene rings is 1. The molecule has 1 aliphatic rings. The summed E-state index contributed by atoms with van der Waals surface area (Å²) in [6.07, 6.45) is 0.518. The number of fused-ring (bicyclic) bond motifs is 1. The number of methoxy groups -OCH3 is 1. The predicted octanol–water partition coefficient (Wildman–Crippen LogP) is 0.512. The number of nitrogens with two attached hydrogens (primary N) is 1. The molecule has 2 atom stereocenters. The van der Waals surface area contributed by atoms with Gasteiger partial charge in [0.05, 0.1) is 17.3 Å². The van der Waals surface area contributed by atoms with Crippen LogP contribution in [0.2, 0.25) is 0 Å². The monoisotopic (exact) mass is 320 g/mol. The van der Waals surface area contributed by atoms with Crippen LogP contribution in [0.15, 0.2) is 18.2 Å². The summed E-state index contributed by atoms with van der Waals surface area (Å²) in [7, 11) is 1.35. The van der Waals surface area contributed by atoms with E-state index < -0.39 is 0 Å². The van der Waals surface area contributed by atoms with Crippen LogP contribution in [0, 0.1) is 0 Å². The zero-order chi connectivity index (χ0) is 15.7. The molecular weight excluding hydrogens is 304 g/mol. The van der Waals surface area contributed by atoms with E-state index in [9.17, 15) is 9.59 Å². The first-order valence-corrected chi connectivity index (χ1v) is 7.66. The number of anilines is 1. The number of aromatic nitrogens is 1. The van der Waals surface area contributed by atoms with E-state index in [1.807, 2.05) is 6.07 Å². The van der Waals surface area contributed by atoms with Gasteiger partial charge in [0.2, 0.25) is 0 Å². The van der Waals surface area contributed by atoms with Gasteiger partial charge in [0, 0.05) is 18.2 Å². The van der Waals surface area contributed by atoms with Crippen LogP contribution in [0.1, 0.15) is 16.8 Å². The van der Waals surface area contributed by atoms with Crippen molar-refractivity contribution in [1.29, 1.82) is 0 Å². The molecule has 116 valence electrons. The van der Waals surface area contributed by atoms with Gasteiger partial charge in [-0.25, -0.2) is 4.98 Å². The number of nitrogens with zero attached hydrogens (tertiary/aromatic N) is 1. The smallest absolute Gasteiger partial charge is 0.322 e. The van der Waals surface area contributed by atoms with E-state index in [0.29, 0.717) is 29.2 Å². The SMILES string of the molecule is COC(=O)[C@@H]1C[C@H](NC(=O)c2ccc3sc(N)nc3c2)CN1. The summed E-state index contributed by atoms with van der Waals surface area (Å²) in [4.78, 5) is 27.9. The quantitative estimate of drug-likeness (QED) is 0.712. The van der Waals surface area contributed by atoms with Crippen LogP contribution >= 0.6 is 11.3 Å². The van der Waals surface area contributed by atoms with Gasteiger partial charge in [-0.2, -0.15) is 0 Å². The maximum atomic E-state index is 12.3. The number of ether oxygens (including phenoxy) is 1. The molecule has 8 heteroatoms. The molecule has 0 spiro atoms. The Bertz CT molecular complexity index is 730. The standard InChI is InChI=1S/C14H16N4O3S/c1-21-13(20)10-5-8(6-16-10)17-12(19)7-2-3-11-9(4-7)18-14(15)22-11/h2-4,8,10,16H,5-6H2,1H3,(H2,15,18)(H,17,19)/t8-,10-/m0/s1. The van der Waals surface area contributed by atoms with Crippen molar-refractivity contribution in [2.24, 2.45) is 0 Å². The van der Waals surface area contributed by atoms with Gasteiger partial charge < -0.3 is 21.1 Å². The Labute approximate surface area is 130 Å². The van der Waals surface area contributed by atoms with Gasteiger partial charge in [-0.05, 0) is 24.6 Å². The molecule has 1 amide bonds. The first-order valence-electron chi connectivity index (χ1n) is 6.85. The molecule has 2 heterocycles. The zero-order valence-electron chi connectivity index (χ0n) is 12.0. The summed E-state index contributed by atoms with van der Waals surface area (Å²) in [6.45, 7) is 0.539. The Balaban J connectivity index is 1.67. The highest BCUT2D eigenvalue weighted by Gasteiger charge is 2.31. The van der Waals surface area contributed by atoms with E-state index in [1.54, 1.807) is 12.1 Å². The van der Waals surface area contributed by atoms with Crippen molar-refractivity contribution in [2.45, 2.75) is 18.5 Å². The van der Waals surface area contributed by atoms with Gasteiger partial charge >= 0.3 is 5.97 Å². The van der Waals surface area contributed by atoms with E-state index in [1.165, 1.54) is 18.4 Å². The Morgan fingerprint density at radius 1 is 1.50 bits per heavy atom. The normalized spacial score (nSPS) is 21.0. The van der Waals surface area contributed by atoms with Gasteiger partial charge in [0.15, 0.2) is 5.13 Å².